The van der Waals surface area contributed by atoms with E-state index in [0.717, 1.165) is 0 Å². The van der Waals surface area contributed by atoms with Crippen LogP contribution in [0.1, 0.15) is 32.3 Å². The second kappa shape index (κ2) is 5.88. The number of nitrogens with zero attached hydrogens (tertiary/aromatic N) is 1. The number of nitrogens with one attached hydrogen (secondary N) is 2. The topological polar surface area (TPSA) is 122 Å². The van der Waals surface area contributed by atoms with Crippen molar-refractivity contribution < 1.29 is 19.2 Å². The Hall–Kier alpha value is -2.74. The first-order chi connectivity index (χ1) is 12.8. The van der Waals surface area contributed by atoms with Gasteiger partial charge in [0.25, 0.3) is 0 Å². The van der Waals surface area contributed by atoms with Crippen LogP contribution in [0.15, 0.2) is 24.3 Å². The molecule has 0 aliphatic carbocycles. The highest BCUT2D eigenvalue weighted by Gasteiger charge is 2.70. The van der Waals surface area contributed by atoms with Crippen molar-refractivity contribution in [1.29, 1.82) is 0 Å². The number of primary amides is 1. The molecular weight excluding hydrogens is 348 g/mol. The smallest absolute Gasteiger partial charge is 0.250 e. The third-order valence-electron chi connectivity index (χ3n) is 6.11. The summed E-state index contributed by atoms with van der Waals surface area (Å²) in [5.74, 6) is -3.37. The first-order valence-electron chi connectivity index (χ1n) is 9.16. The summed E-state index contributed by atoms with van der Waals surface area (Å²) in [7, 11) is 0. The molecule has 8 nitrogen and oxygen atoms in total. The fraction of sp³-hybridized carbons (Fsp3) is 0.474. The van der Waals surface area contributed by atoms with Gasteiger partial charge < -0.3 is 11.1 Å². The molecule has 3 heterocycles. The Labute approximate surface area is 156 Å². The summed E-state index contributed by atoms with van der Waals surface area (Å²) < 4.78 is 0. The highest BCUT2D eigenvalue weighted by atomic mass is 16.2. The van der Waals surface area contributed by atoms with E-state index in [2.05, 4.69) is 10.6 Å². The average molecular weight is 370 g/mol. The van der Waals surface area contributed by atoms with E-state index in [4.69, 9.17) is 5.73 Å². The maximum Gasteiger partial charge on any atom is 0.250 e. The van der Waals surface area contributed by atoms with Crippen LogP contribution in [-0.4, -0.2) is 40.6 Å². The first-order valence-corrected chi connectivity index (χ1v) is 9.16. The number of para-hydroxylation sites is 1. The predicted octanol–water partition coefficient (Wildman–Crippen LogP) is 0.0809. The normalized spacial score (nSPS) is 32.6. The van der Waals surface area contributed by atoms with Gasteiger partial charge in [-0.15, -0.1) is 0 Å². The molecule has 1 spiro atoms. The molecule has 0 radical (unpaired) electrons. The minimum absolute atomic E-state index is 0.119. The summed E-state index contributed by atoms with van der Waals surface area (Å²) in [6.45, 7) is 3.70. The van der Waals surface area contributed by atoms with Gasteiger partial charge in [-0.3, -0.25) is 29.4 Å². The lowest BCUT2D eigenvalue weighted by Crippen LogP contribution is -2.54. The molecule has 0 aromatic heterocycles. The second-order valence-corrected chi connectivity index (χ2v) is 7.54. The molecule has 0 saturated carbocycles. The zero-order chi connectivity index (χ0) is 19.5. The lowest BCUT2D eigenvalue weighted by atomic mass is 9.76. The first kappa shape index (κ1) is 17.7. The summed E-state index contributed by atoms with van der Waals surface area (Å²) >= 11 is 0. The summed E-state index contributed by atoms with van der Waals surface area (Å²) in [4.78, 5) is 52.4. The Kier molecular flexibility index (Phi) is 3.85. The number of likely N-dealkylation sites (tertiary alicyclic amines) is 1. The molecule has 1 aromatic carbocycles. The number of rotatable bonds is 4. The fourth-order valence-corrected chi connectivity index (χ4v) is 4.79. The van der Waals surface area contributed by atoms with Crippen LogP contribution in [0, 0.1) is 11.8 Å². The van der Waals surface area contributed by atoms with Gasteiger partial charge in [0.05, 0.1) is 11.8 Å². The van der Waals surface area contributed by atoms with Crippen molar-refractivity contribution in [2.24, 2.45) is 17.6 Å². The van der Waals surface area contributed by atoms with Crippen molar-refractivity contribution in [2.45, 2.75) is 44.3 Å². The van der Waals surface area contributed by atoms with Crippen LogP contribution in [0.4, 0.5) is 5.69 Å². The lowest BCUT2D eigenvalue weighted by Gasteiger charge is -2.30. The number of carbonyl (C=O) groups is 4. The number of benzene rings is 1. The van der Waals surface area contributed by atoms with Gasteiger partial charge in [0.15, 0.2) is 0 Å². The molecule has 0 unspecified atom stereocenters. The van der Waals surface area contributed by atoms with E-state index in [9.17, 15) is 19.2 Å². The van der Waals surface area contributed by atoms with E-state index in [1.165, 1.54) is 4.90 Å². The molecule has 2 saturated heterocycles. The van der Waals surface area contributed by atoms with Crippen molar-refractivity contribution in [2.75, 3.05) is 5.32 Å². The minimum Gasteiger partial charge on any atom is -0.370 e. The molecule has 5 atom stereocenters. The van der Waals surface area contributed by atoms with Gasteiger partial charge in [-0.2, -0.15) is 0 Å². The molecule has 4 N–H and O–H groups in total. The molecule has 1 aromatic rings. The number of anilines is 1. The number of nitrogens with two attached hydrogens (primary N) is 1. The minimum atomic E-state index is -1.36. The molecule has 8 heteroatoms. The Morgan fingerprint density at radius 2 is 1.96 bits per heavy atom. The Morgan fingerprint density at radius 3 is 2.63 bits per heavy atom. The van der Waals surface area contributed by atoms with Crippen LogP contribution < -0.4 is 16.4 Å². The van der Waals surface area contributed by atoms with Crippen LogP contribution in [0.5, 0.6) is 0 Å². The Bertz CT molecular complexity index is 869. The van der Waals surface area contributed by atoms with Crippen LogP contribution in [0.2, 0.25) is 0 Å². The van der Waals surface area contributed by atoms with Crippen molar-refractivity contribution in [1.82, 2.24) is 10.2 Å². The molecule has 3 aliphatic rings. The molecule has 27 heavy (non-hydrogen) atoms. The van der Waals surface area contributed by atoms with Gasteiger partial charge in [-0.05, 0) is 19.4 Å². The number of hydrogen-bond donors (Lipinski definition) is 3. The van der Waals surface area contributed by atoms with Crippen molar-refractivity contribution in [3.8, 4) is 0 Å². The third kappa shape index (κ3) is 2.19. The molecule has 142 valence electrons. The summed E-state index contributed by atoms with van der Waals surface area (Å²) in [6, 6.07) is 6.16. The van der Waals surface area contributed by atoms with Gasteiger partial charge in [0.1, 0.15) is 5.54 Å². The number of amides is 4. The summed E-state index contributed by atoms with van der Waals surface area (Å²) in [5.41, 5.74) is 5.25. The van der Waals surface area contributed by atoms with Gasteiger partial charge in [-0.1, -0.05) is 25.1 Å². The second-order valence-electron chi connectivity index (χ2n) is 7.54. The van der Waals surface area contributed by atoms with Crippen LogP contribution >= 0.6 is 0 Å². The van der Waals surface area contributed by atoms with Gasteiger partial charge in [0.2, 0.25) is 23.6 Å². The zero-order valence-corrected chi connectivity index (χ0v) is 15.2. The largest absolute Gasteiger partial charge is 0.370 e. The SMILES string of the molecule is CC[C@H](C)N1C(=O)[C@@H]2[C@H](CC(N)=O)N[C@@]3(C(=O)Nc4ccccc43)[C@H]2C1=O. The Morgan fingerprint density at radius 1 is 1.26 bits per heavy atom. The quantitative estimate of drug-likeness (QED) is 0.648. The van der Waals surface area contributed by atoms with E-state index in [-0.39, 0.29) is 30.2 Å². The molecule has 4 amide bonds. The number of hydrogen-bond acceptors (Lipinski definition) is 5. The van der Waals surface area contributed by atoms with E-state index >= 15 is 0 Å². The highest BCUT2D eigenvalue weighted by Crippen LogP contribution is 2.53. The molecule has 2 fully saturated rings. The fourth-order valence-electron chi connectivity index (χ4n) is 4.79. The average Bonchev–Trinajstić information content (AvgIpc) is 3.19. The summed E-state index contributed by atoms with van der Waals surface area (Å²) in [5, 5.41) is 5.97. The Balaban J connectivity index is 1.88. The predicted molar refractivity (Wildman–Crippen MR) is 96.1 cm³/mol. The number of fused-ring (bicyclic) bond motifs is 4. The van der Waals surface area contributed by atoms with Gasteiger partial charge in [0, 0.05) is 29.8 Å². The molecule has 3 aliphatic heterocycles. The van der Waals surface area contributed by atoms with Crippen molar-refractivity contribution in [3.05, 3.63) is 29.8 Å². The molecular formula is C19H22N4O4. The number of imide groups is 1. The number of carbonyl (C=O) groups excluding carboxylic acids is 4. The van der Waals surface area contributed by atoms with Crippen LogP contribution in [0.25, 0.3) is 0 Å². The van der Waals surface area contributed by atoms with E-state index < -0.39 is 29.3 Å². The van der Waals surface area contributed by atoms with Gasteiger partial charge >= 0.3 is 0 Å². The van der Waals surface area contributed by atoms with Crippen molar-refractivity contribution >= 4 is 29.3 Å². The van der Waals surface area contributed by atoms with E-state index in [1.807, 2.05) is 13.8 Å². The highest BCUT2D eigenvalue weighted by molar-refractivity contribution is 6.15. The van der Waals surface area contributed by atoms with Crippen molar-refractivity contribution in [3.63, 3.8) is 0 Å². The standard InChI is InChI=1S/C19H22N4O4/c1-3-9(2)23-16(25)14-12(8-13(20)24)22-19(15(14)17(23)26)10-6-4-5-7-11(10)21-18(19)27/h4-7,9,12,14-15,22H,3,8H2,1-2H3,(H2,20,24)(H,21,27)/t9-,12-,14+,15+,19+/m0/s1. The van der Waals surface area contributed by atoms with E-state index in [0.29, 0.717) is 17.7 Å². The summed E-state index contributed by atoms with van der Waals surface area (Å²) in [6.07, 6.45) is 0.492. The maximum atomic E-state index is 13.3. The molecule has 4 rings (SSSR count). The van der Waals surface area contributed by atoms with Gasteiger partial charge in [-0.25, -0.2) is 0 Å². The molecule has 0 bridgehead atoms. The lowest BCUT2D eigenvalue weighted by molar-refractivity contribution is -0.145. The monoisotopic (exact) mass is 370 g/mol. The third-order valence-corrected chi connectivity index (χ3v) is 6.11. The van der Waals surface area contributed by atoms with Crippen LogP contribution in [0.3, 0.4) is 0 Å². The maximum absolute atomic E-state index is 13.3. The van der Waals surface area contributed by atoms with E-state index in [1.54, 1.807) is 24.3 Å². The van der Waals surface area contributed by atoms with Crippen LogP contribution in [-0.2, 0) is 24.7 Å². The zero-order valence-electron chi connectivity index (χ0n) is 15.2.